The average molecular weight is 418 g/mol. The highest BCUT2D eigenvalue weighted by Gasteiger charge is 2.18. The molecule has 4 aromatic rings. The van der Waals surface area contributed by atoms with Gasteiger partial charge < -0.3 is 4.57 Å². The standard InChI is InChI=1S/C26H28ClN3/c1-2-30-25-9-4-3-8-23(25)24-17-21(10-11-26(24)30)19-29-14-12-28(13-15-29)18-20-6-5-7-22(27)16-20/h3-11,16-17H,2,12-15,18-19H2,1H3. The van der Waals surface area contributed by atoms with Gasteiger partial charge in [-0.3, -0.25) is 9.80 Å². The number of aromatic nitrogens is 1. The van der Waals surface area contributed by atoms with E-state index < -0.39 is 0 Å². The molecule has 30 heavy (non-hydrogen) atoms. The Morgan fingerprint density at radius 3 is 2.07 bits per heavy atom. The monoisotopic (exact) mass is 417 g/mol. The lowest BCUT2D eigenvalue weighted by atomic mass is 10.1. The number of nitrogens with zero attached hydrogens (tertiary/aromatic N) is 3. The van der Waals surface area contributed by atoms with Crippen LogP contribution in [0.15, 0.2) is 66.7 Å². The largest absolute Gasteiger partial charge is 0.341 e. The molecule has 3 nitrogen and oxygen atoms in total. The van der Waals surface area contributed by atoms with Crippen LogP contribution >= 0.6 is 11.6 Å². The van der Waals surface area contributed by atoms with Gasteiger partial charge in [0.1, 0.15) is 0 Å². The summed E-state index contributed by atoms with van der Waals surface area (Å²) in [6.45, 7) is 9.64. The topological polar surface area (TPSA) is 11.4 Å². The first-order valence-corrected chi connectivity index (χ1v) is 11.3. The van der Waals surface area contributed by atoms with Crippen molar-refractivity contribution < 1.29 is 0 Å². The van der Waals surface area contributed by atoms with Crippen molar-refractivity contribution in [1.82, 2.24) is 14.4 Å². The van der Waals surface area contributed by atoms with E-state index in [9.17, 15) is 0 Å². The Kier molecular flexibility index (Phi) is 5.51. The Morgan fingerprint density at radius 1 is 0.700 bits per heavy atom. The molecule has 0 atom stereocenters. The zero-order chi connectivity index (χ0) is 20.5. The predicted octanol–water partition coefficient (Wildman–Crippen LogP) is 5.79. The third kappa shape index (κ3) is 3.85. The maximum absolute atomic E-state index is 6.14. The third-order valence-electron chi connectivity index (χ3n) is 6.32. The predicted molar refractivity (Wildman–Crippen MR) is 127 cm³/mol. The molecule has 0 N–H and O–H groups in total. The Morgan fingerprint density at radius 2 is 1.37 bits per heavy atom. The third-order valence-corrected chi connectivity index (χ3v) is 6.55. The summed E-state index contributed by atoms with van der Waals surface area (Å²) in [5, 5.41) is 3.57. The number of fused-ring (bicyclic) bond motifs is 3. The lowest BCUT2D eigenvalue weighted by Gasteiger charge is -2.34. The van der Waals surface area contributed by atoms with Crippen molar-refractivity contribution in [2.75, 3.05) is 26.2 Å². The van der Waals surface area contributed by atoms with Gasteiger partial charge in [-0.25, -0.2) is 0 Å². The molecule has 1 aromatic heterocycles. The quantitative estimate of drug-likeness (QED) is 0.407. The number of benzene rings is 3. The van der Waals surface area contributed by atoms with E-state index in [4.69, 9.17) is 11.6 Å². The van der Waals surface area contributed by atoms with E-state index in [0.29, 0.717) is 0 Å². The molecule has 1 aliphatic heterocycles. The van der Waals surface area contributed by atoms with Gasteiger partial charge in [0.05, 0.1) is 0 Å². The fraction of sp³-hybridized carbons (Fsp3) is 0.308. The zero-order valence-corrected chi connectivity index (χ0v) is 18.3. The first-order chi connectivity index (χ1) is 14.7. The van der Waals surface area contributed by atoms with E-state index in [-0.39, 0.29) is 0 Å². The lowest BCUT2D eigenvalue weighted by Crippen LogP contribution is -2.45. The highest BCUT2D eigenvalue weighted by molar-refractivity contribution is 6.30. The van der Waals surface area contributed by atoms with Gasteiger partial charge in [-0.1, -0.05) is 48.0 Å². The average Bonchev–Trinajstić information content (AvgIpc) is 3.08. The van der Waals surface area contributed by atoms with E-state index in [0.717, 1.165) is 50.8 Å². The summed E-state index contributed by atoms with van der Waals surface area (Å²) in [7, 11) is 0. The molecule has 1 fully saturated rings. The minimum atomic E-state index is 0.825. The first kappa shape index (κ1) is 19.6. The Bertz CT molecular complexity index is 1170. The van der Waals surface area contributed by atoms with Crippen LogP contribution in [-0.2, 0) is 19.6 Å². The smallest absolute Gasteiger partial charge is 0.0491 e. The number of hydrogen-bond acceptors (Lipinski definition) is 2. The summed E-state index contributed by atoms with van der Waals surface area (Å²) in [6.07, 6.45) is 0. The van der Waals surface area contributed by atoms with Crippen molar-refractivity contribution in [2.45, 2.75) is 26.6 Å². The number of aryl methyl sites for hydroxylation is 1. The Hall–Kier alpha value is -2.33. The summed E-state index contributed by atoms with van der Waals surface area (Å²) in [6, 6.07) is 24.0. The van der Waals surface area contributed by atoms with E-state index in [2.05, 4.69) is 75.9 Å². The molecular weight excluding hydrogens is 390 g/mol. The van der Waals surface area contributed by atoms with Crippen LogP contribution in [0, 0.1) is 0 Å². The van der Waals surface area contributed by atoms with Crippen LogP contribution in [0.3, 0.4) is 0 Å². The summed E-state index contributed by atoms with van der Waals surface area (Å²) >= 11 is 6.14. The summed E-state index contributed by atoms with van der Waals surface area (Å²) < 4.78 is 2.42. The molecule has 0 radical (unpaired) electrons. The van der Waals surface area contributed by atoms with Crippen LogP contribution in [0.2, 0.25) is 5.02 Å². The van der Waals surface area contributed by atoms with Crippen LogP contribution in [0.4, 0.5) is 0 Å². The van der Waals surface area contributed by atoms with Gasteiger partial charge in [0, 0.05) is 72.6 Å². The maximum atomic E-state index is 6.14. The second-order valence-electron chi connectivity index (χ2n) is 8.30. The molecule has 4 heteroatoms. The second kappa shape index (κ2) is 8.43. The number of halogens is 1. The molecule has 0 bridgehead atoms. The van der Waals surface area contributed by atoms with Crippen LogP contribution in [0.25, 0.3) is 21.8 Å². The van der Waals surface area contributed by atoms with Crippen molar-refractivity contribution >= 4 is 33.4 Å². The van der Waals surface area contributed by atoms with Crippen molar-refractivity contribution in [3.05, 3.63) is 82.9 Å². The summed E-state index contributed by atoms with van der Waals surface area (Å²) in [5.74, 6) is 0. The minimum Gasteiger partial charge on any atom is -0.341 e. The fourth-order valence-electron chi connectivity index (χ4n) is 4.80. The molecule has 3 aromatic carbocycles. The highest BCUT2D eigenvalue weighted by Crippen LogP contribution is 2.30. The highest BCUT2D eigenvalue weighted by atomic mass is 35.5. The van der Waals surface area contributed by atoms with Crippen molar-refractivity contribution in [3.63, 3.8) is 0 Å². The molecule has 5 rings (SSSR count). The van der Waals surface area contributed by atoms with E-state index in [1.165, 1.54) is 32.9 Å². The molecule has 154 valence electrons. The summed E-state index contributed by atoms with van der Waals surface area (Å²) in [5.41, 5.74) is 5.38. The molecule has 2 heterocycles. The van der Waals surface area contributed by atoms with Gasteiger partial charge in [0.25, 0.3) is 0 Å². The molecule has 0 aliphatic carbocycles. The van der Waals surface area contributed by atoms with Crippen molar-refractivity contribution in [1.29, 1.82) is 0 Å². The molecule has 0 spiro atoms. The number of para-hydroxylation sites is 1. The van der Waals surface area contributed by atoms with Crippen LogP contribution in [-0.4, -0.2) is 40.5 Å². The van der Waals surface area contributed by atoms with Gasteiger partial charge in [-0.15, -0.1) is 0 Å². The van der Waals surface area contributed by atoms with Gasteiger partial charge in [-0.2, -0.15) is 0 Å². The van der Waals surface area contributed by atoms with Crippen LogP contribution in [0.5, 0.6) is 0 Å². The molecule has 0 saturated carbocycles. The molecule has 0 amide bonds. The lowest BCUT2D eigenvalue weighted by molar-refractivity contribution is 0.122. The number of rotatable bonds is 5. The van der Waals surface area contributed by atoms with E-state index in [1.807, 2.05) is 12.1 Å². The summed E-state index contributed by atoms with van der Waals surface area (Å²) in [4.78, 5) is 5.11. The molecule has 0 unspecified atom stereocenters. The van der Waals surface area contributed by atoms with Crippen molar-refractivity contribution in [2.24, 2.45) is 0 Å². The van der Waals surface area contributed by atoms with Gasteiger partial charge in [0.15, 0.2) is 0 Å². The van der Waals surface area contributed by atoms with Crippen LogP contribution in [0.1, 0.15) is 18.1 Å². The second-order valence-corrected chi connectivity index (χ2v) is 8.73. The fourth-order valence-corrected chi connectivity index (χ4v) is 5.01. The van der Waals surface area contributed by atoms with Gasteiger partial charge >= 0.3 is 0 Å². The SMILES string of the molecule is CCn1c2ccccc2c2cc(CN3CCN(Cc4cccc(Cl)c4)CC3)ccc21. The Labute approximate surface area is 183 Å². The molecular formula is C26H28ClN3. The van der Waals surface area contributed by atoms with Crippen LogP contribution < -0.4 is 0 Å². The van der Waals surface area contributed by atoms with E-state index >= 15 is 0 Å². The first-order valence-electron chi connectivity index (χ1n) is 10.9. The normalized spacial score (nSPS) is 15.9. The van der Waals surface area contributed by atoms with Gasteiger partial charge in [0.2, 0.25) is 0 Å². The Balaban J connectivity index is 1.28. The molecule has 1 saturated heterocycles. The minimum absolute atomic E-state index is 0.825. The number of hydrogen-bond donors (Lipinski definition) is 0. The van der Waals surface area contributed by atoms with Gasteiger partial charge in [-0.05, 0) is 48.4 Å². The van der Waals surface area contributed by atoms with Crippen molar-refractivity contribution in [3.8, 4) is 0 Å². The number of piperazine rings is 1. The zero-order valence-electron chi connectivity index (χ0n) is 17.5. The maximum Gasteiger partial charge on any atom is 0.0491 e. The van der Waals surface area contributed by atoms with E-state index in [1.54, 1.807) is 0 Å². The molecule has 1 aliphatic rings.